The van der Waals surface area contributed by atoms with Gasteiger partial charge >= 0.3 is 6.03 Å². The van der Waals surface area contributed by atoms with E-state index in [0.29, 0.717) is 17.3 Å². The summed E-state index contributed by atoms with van der Waals surface area (Å²) in [7, 11) is 1.69. The quantitative estimate of drug-likeness (QED) is 0.899. The first-order chi connectivity index (χ1) is 9.15. The van der Waals surface area contributed by atoms with E-state index >= 15 is 0 Å². The maximum Gasteiger partial charge on any atom is 0.319 e. The fourth-order valence-electron chi connectivity index (χ4n) is 1.93. The SMILES string of the molecule is CO[C@@]1(CNC(=O)Nc2ccccc2Cl)CCSC1. The number of ether oxygens (including phenoxy) is 1. The summed E-state index contributed by atoms with van der Waals surface area (Å²) in [5, 5.41) is 6.10. The van der Waals surface area contributed by atoms with E-state index in [2.05, 4.69) is 10.6 Å². The zero-order valence-electron chi connectivity index (χ0n) is 10.7. The molecule has 1 atom stereocenters. The van der Waals surface area contributed by atoms with Crippen molar-refractivity contribution in [1.82, 2.24) is 5.32 Å². The number of carbonyl (C=O) groups excluding carboxylic acids is 1. The van der Waals surface area contributed by atoms with Crippen LogP contribution < -0.4 is 10.6 Å². The van der Waals surface area contributed by atoms with Crippen molar-refractivity contribution < 1.29 is 9.53 Å². The number of anilines is 1. The third-order valence-corrected chi connectivity index (χ3v) is 4.75. The largest absolute Gasteiger partial charge is 0.376 e. The minimum atomic E-state index is -0.263. The van der Waals surface area contributed by atoms with E-state index in [1.54, 1.807) is 19.2 Å². The predicted octanol–water partition coefficient (Wildman–Crippen LogP) is 2.98. The van der Waals surface area contributed by atoms with Crippen LogP contribution >= 0.6 is 23.4 Å². The molecule has 1 aromatic rings. The summed E-state index contributed by atoms with van der Waals surface area (Å²) in [4.78, 5) is 11.8. The fourth-order valence-corrected chi connectivity index (χ4v) is 3.51. The third kappa shape index (κ3) is 3.78. The van der Waals surface area contributed by atoms with Crippen molar-refractivity contribution in [3.8, 4) is 0 Å². The highest BCUT2D eigenvalue weighted by Crippen LogP contribution is 2.30. The molecule has 0 unspecified atom stereocenters. The molecule has 0 saturated carbocycles. The van der Waals surface area contributed by atoms with Gasteiger partial charge in [0.15, 0.2) is 0 Å². The molecule has 0 aliphatic carbocycles. The van der Waals surface area contributed by atoms with Crippen molar-refractivity contribution in [2.24, 2.45) is 0 Å². The molecule has 1 aliphatic heterocycles. The van der Waals surface area contributed by atoms with E-state index in [-0.39, 0.29) is 11.6 Å². The van der Waals surface area contributed by atoms with Crippen molar-refractivity contribution in [2.75, 3.05) is 30.5 Å². The number of carbonyl (C=O) groups is 1. The zero-order chi connectivity index (χ0) is 13.7. The lowest BCUT2D eigenvalue weighted by Gasteiger charge is -2.26. The van der Waals surface area contributed by atoms with Crippen LogP contribution in [0.2, 0.25) is 5.02 Å². The minimum Gasteiger partial charge on any atom is -0.376 e. The number of rotatable bonds is 4. The molecule has 1 heterocycles. The molecule has 2 amide bonds. The smallest absolute Gasteiger partial charge is 0.319 e. The zero-order valence-corrected chi connectivity index (χ0v) is 12.3. The Balaban J connectivity index is 1.86. The van der Waals surface area contributed by atoms with Crippen LogP contribution in [0.15, 0.2) is 24.3 Å². The summed E-state index contributed by atoms with van der Waals surface area (Å²) in [5.74, 6) is 1.98. The average molecular weight is 301 g/mol. The summed E-state index contributed by atoms with van der Waals surface area (Å²) in [6.07, 6.45) is 0.959. The van der Waals surface area contributed by atoms with Crippen molar-refractivity contribution in [1.29, 1.82) is 0 Å². The Bertz CT molecular complexity index is 450. The predicted molar refractivity (Wildman–Crippen MR) is 80.2 cm³/mol. The molecule has 0 radical (unpaired) electrons. The van der Waals surface area contributed by atoms with E-state index < -0.39 is 0 Å². The number of amides is 2. The summed E-state index contributed by atoms with van der Waals surface area (Å²) < 4.78 is 5.53. The molecular formula is C13H17ClN2O2S. The number of nitrogens with one attached hydrogen (secondary N) is 2. The average Bonchev–Trinajstić information content (AvgIpc) is 2.89. The van der Waals surface area contributed by atoms with Gasteiger partial charge < -0.3 is 15.4 Å². The molecule has 0 aromatic heterocycles. The van der Waals surface area contributed by atoms with E-state index in [0.717, 1.165) is 17.9 Å². The fraction of sp³-hybridized carbons (Fsp3) is 0.462. The Kier molecular flexibility index (Phi) is 4.96. The molecule has 19 heavy (non-hydrogen) atoms. The molecular weight excluding hydrogens is 284 g/mol. The maximum atomic E-state index is 11.8. The van der Waals surface area contributed by atoms with E-state index in [4.69, 9.17) is 16.3 Å². The Morgan fingerprint density at radius 1 is 1.53 bits per heavy atom. The third-order valence-electron chi connectivity index (χ3n) is 3.19. The van der Waals surface area contributed by atoms with Crippen molar-refractivity contribution in [3.05, 3.63) is 29.3 Å². The highest BCUT2D eigenvalue weighted by atomic mass is 35.5. The molecule has 4 nitrogen and oxygen atoms in total. The van der Waals surface area contributed by atoms with Crippen molar-refractivity contribution >= 4 is 35.1 Å². The number of urea groups is 1. The normalized spacial score (nSPS) is 22.2. The van der Waals surface area contributed by atoms with Gasteiger partial charge in [-0.05, 0) is 24.3 Å². The molecule has 1 aromatic carbocycles. The lowest BCUT2D eigenvalue weighted by atomic mass is 10.0. The Labute approximate surface area is 122 Å². The minimum absolute atomic E-state index is 0.234. The van der Waals surface area contributed by atoms with Crippen LogP contribution in [0.25, 0.3) is 0 Å². The standard InChI is InChI=1S/C13H17ClN2O2S/c1-18-13(6-7-19-9-13)8-15-12(17)16-11-5-3-2-4-10(11)14/h2-5H,6-9H2,1H3,(H2,15,16,17)/t13-/m1/s1. The lowest BCUT2D eigenvalue weighted by Crippen LogP contribution is -2.45. The molecule has 6 heteroatoms. The molecule has 2 N–H and O–H groups in total. The molecule has 1 saturated heterocycles. The molecule has 1 aliphatic rings. The monoisotopic (exact) mass is 300 g/mol. The molecule has 1 fully saturated rings. The van der Waals surface area contributed by atoms with Gasteiger partial charge in [-0.2, -0.15) is 11.8 Å². The van der Waals surface area contributed by atoms with Gasteiger partial charge in [-0.25, -0.2) is 4.79 Å². The second-order valence-corrected chi connectivity index (χ2v) is 5.99. The summed E-state index contributed by atoms with van der Waals surface area (Å²) in [5.41, 5.74) is 0.372. The summed E-state index contributed by atoms with van der Waals surface area (Å²) in [6, 6.07) is 6.88. The maximum absolute atomic E-state index is 11.8. The van der Waals surface area contributed by atoms with Gasteiger partial charge in [0.25, 0.3) is 0 Å². The van der Waals surface area contributed by atoms with Gasteiger partial charge in [-0.3, -0.25) is 0 Å². The number of para-hydroxylation sites is 1. The molecule has 104 valence electrons. The van der Waals surface area contributed by atoms with Crippen LogP contribution in [0.3, 0.4) is 0 Å². The van der Waals surface area contributed by atoms with Gasteiger partial charge in [-0.1, -0.05) is 23.7 Å². The Morgan fingerprint density at radius 3 is 2.95 bits per heavy atom. The van der Waals surface area contributed by atoms with Gasteiger partial charge in [-0.15, -0.1) is 0 Å². The number of thioether (sulfide) groups is 1. The number of benzene rings is 1. The van der Waals surface area contributed by atoms with Gasteiger partial charge in [0.2, 0.25) is 0 Å². The van der Waals surface area contributed by atoms with Gasteiger partial charge in [0.1, 0.15) is 0 Å². The lowest BCUT2D eigenvalue weighted by molar-refractivity contribution is 0.0161. The van der Waals surface area contributed by atoms with Gasteiger partial charge in [0.05, 0.1) is 16.3 Å². The van der Waals surface area contributed by atoms with Crippen LogP contribution in [0.1, 0.15) is 6.42 Å². The first-order valence-corrected chi connectivity index (χ1v) is 7.61. The van der Waals surface area contributed by atoms with Crippen LogP contribution in [-0.4, -0.2) is 36.8 Å². The number of hydrogen-bond acceptors (Lipinski definition) is 3. The molecule has 0 spiro atoms. The molecule has 2 rings (SSSR count). The first kappa shape index (κ1) is 14.5. The van der Waals surface area contributed by atoms with Crippen LogP contribution in [0, 0.1) is 0 Å². The second kappa shape index (κ2) is 6.50. The second-order valence-electron chi connectivity index (χ2n) is 4.48. The Hall–Kier alpha value is -0.910. The number of hydrogen-bond donors (Lipinski definition) is 2. The van der Waals surface area contributed by atoms with Crippen molar-refractivity contribution in [2.45, 2.75) is 12.0 Å². The highest BCUT2D eigenvalue weighted by molar-refractivity contribution is 7.99. The van der Waals surface area contributed by atoms with Crippen LogP contribution in [0.4, 0.5) is 10.5 Å². The van der Waals surface area contributed by atoms with Crippen LogP contribution in [-0.2, 0) is 4.74 Å². The van der Waals surface area contributed by atoms with E-state index in [1.165, 1.54) is 0 Å². The summed E-state index contributed by atoms with van der Waals surface area (Å²) in [6.45, 7) is 0.507. The molecule has 0 bridgehead atoms. The topological polar surface area (TPSA) is 50.4 Å². The van der Waals surface area contributed by atoms with Gasteiger partial charge in [0, 0.05) is 19.4 Å². The first-order valence-electron chi connectivity index (χ1n) is 6.07. The van der Waals surface area contributed by atoms with E-state index in [1.807, 2.05) is 23.9 Å². The van der Waals surface area contributed by atoms with E-state index in [9.17, 15) is 4.79 Å². The van der Waals surface area contributed by atoms with Crippen LogP contribution in [0.5, 0.6) is 0 Å². The Morgan fingerprint density at radius 2 is 2.32 bits per heavy atom. The number of halogens is 1. The number of methoxy groups -OCH3 is 1. The highest BCUT2D eigenvalue weighted by Gasteiger charge is 2.34. The van der Waals surface area contributed by atoms with Crippen molar-refractivity contribution in [3.63, 3.8) is 0 Å². The summed E-state index contributed by atoms with van der Waals surface area (Å²) >= 11 is 7.83.